The minimum atomic E-state index is 0.342. The van der Waals surface area contributed by atoms with Gasteiger partial charge in [-0.2, -0.15) is 0 Å². The standard InChI is InChI=1S/C14H21NO2/c1-15-9-8-14(11-6-7-11)17-13-5-3-4-12(10-13)16-2/h3-5,10-11,14-15H,6-9H2,1-2H3. The van der Waals surface area contributed by atoms with Gasteiger partial charge in [-0.05, 0) is 50.9 Å². The normalized spacial score (nSPS) is 16.6. The molecule has 2 rings (SSSR count). The highest BCUT2D eigenvalue weighted by Gasteiger charge is 2.32. The molecular formula is C14H21NO2. The Balaban J connectivity index is 1.95. The van der Waals surface area contributed by atoms with E-state index in [4.69, 9.17) is 9.47 Å². The summed E-state index contributed by atoms with van der Waals surface area (Å²) in [6.45, 7) is 1.01. The van der Waals surface area contributed by atoms with E-state index in [0.29, 0.717) is 6.10 Å². The van der Waals surface area contributed by atoms with Gasteiger partial charge in [0.15, 0.2) is 0 Å². The minimum absolute atomic E-state index is 0.342. The molecule has 1 unspecified atom stereocenters. The number of rotatable bonds is 7. The largest absolute Gasteiger partial charge is 0.497 e. The number of benzene rings is 1. The van der Waals surface area contributed by atoms with Crippen molar-refractivity contribution in [2.75, 3.05) is 20.7 Å². The Kier molecular flexibility index (Phi) is 4.26. The van der Waals surface area contributed by atoms with Gasteiger partial charge in [-0.15, -0.1) is 0 Å². The molecule has 1 fully saturated rings. The van der Waals surface area contributed by atoms with Crippen LogP contribution >= 0.6 is 0 Å². The third-order valence-electron chi connectivity index (χ3n) is 3.16. The molecule has 0 radical (unpaired) electrons. The van der Waals surface area contributed by atoms with Gasteiger partial charge in [-0.1, -0.05) is 6.07 Å². The molecule has 17 heavy (non-hydrogen) atoms. The van der Waals surface area contributed by atoms with Gasteiger partial charge in [-0.3, -0.25) is 0 Å². The smallest absolute Gasteiger partial charge is 0.123 e. The highest BCUT2D eigenvalue weighted by molar-refractivity contribution is 5.33. The predicted octanol–water partition coefficient (Wildman–Crippen LogP) is 2.46. The van der Waals surface area contributed by atoms with Crippen LogP contribution in [0.2, 0.25) is 0 Å². The van der Waals surface area contributed by atoms with Crippen LogP contribution < -0.4 is 14.8 Å². The van der Waals surface area contributed by atoms with E-state index in [9.17, 15) is 0 Å². The quantitative estimate of drug-likeness (QED) is 0.787. The molecule has 0 spiro atoms. The lowest BCUT2D eigenvalue weighted by Gasteiger charge is -2.19. The second kappa shape index (κ2) is 5.92. The number of ether oxygens (including phenoxy) is 2. The van der Waals surface area contributed by atoms with Gasteiger partial charge in [0.05, 0.1) is 7.11 Å². The first-order valence-corrected chi connectivity index (χ1v) is 6.29. The molecule has 1 atom stereocenters. The molecule has 1 aromatic carbocycles. The van der Waals surface area contributed by atoms with Crippen molar-refractivity contribution in [3.63, 3.8) is 0 Å². The highest BCUT2D eigenvalue weighted by atomic mass is 16.5. The lowest BCUT2D eigenvalue weighted by atomic mass is 10.1. The van der Waals surface area contributed by atoms with Crippen LogP contribution in [0.3, 0.4) is 0 Å². The zero-order valence-corrected chi connectivity index (χ0v) is 10.6. The van der Waals surface area contributed by atoms with Gasteiger partial charge in [0, 0.05) is 6.07 Å². The molecule has 3 heteroatoms. The Morgan fingerprint density at radius 3 is 2.76 bits per heavy atom. The fourth-order valence-corrected chi connectivity index (χ4v) is 1.99. The number of hydrogen-bond donors (Lipinski definition) is 1. The summed E-state index contributed by atoms with van der Waals surface area (Å²) in [5, 5.41) is 3.18. The van der Waals surface area contributed by atoms with Crippen LogP contribution in [-0.4, -0.2) is 26.8 Å². The first-order chi connectivity index (χ1) is 8.33. The molecular weight excluding hydrogens is 214 g/mol. The second-order valence-corrected chi connectivity index (χ2v) is 4.56. The summed E-state index contributed by atoms with van der Waals surface area (Å²) >= 11 is 0. The Morgan fingerprint density at radius 1 is 1.35 bits per heavy atom. The zero-order valence-electron chi connectivity index (χ0n) is 10.6. The molecule has 94 valence electrons. The van der Waals surface area contributed by atoms with Gasteiger partial charge in [0.1, 0.15) is 17.6 Å². The van der Waals surface area contributed by atoms with Crippen molar-refractivity contribution < 1.29 is 9.47 Å². The van der Waals surface area contributed by atoms with Crippen molar-refractivity contribution in [2.24, 2.45) is 5.92 Å². The average Bonchev–Trinajstić information content (AvgIpc) is 3.19. The van der Waals surface area contributed by atoms with Crippen LogP contribution in [0.15, 0.2) is 24.3 Å². The minimum Gasteiger partial charge on any atom is -0.497 e. The molecule has 1 aromatic rings. The van der Waals surface area contributed by atoms with Gasteiger partial charge in [0.2, 0.25) is 0 Å². The molecule has 0 aliphatic heterocycles. The van der Waals surface area contributed by atoms with E-state index in [-0.39, 0.29) is 0 Å². The fraction of sp³-hybridized carbons (Fsp3) is 0.571. The summed E-state index contributed by atoms with van der Waals surface area (Å²) in [4.78, 5) is 0. The number of hydrogen-bond acceptors (Lipinski definition) is 3. The summed E-state index contributed by atoms with van der Waals surface area (Å²) in [6.07, 6.45) is 4.02. The summed E-state index contributed by atoms with van der Waals surface area (Å²) in [6, 6.07) is 7.86. The molecule has 0 heterocycles. The van der Waals surface area contributed by atoms with E-state index in [1.165, 1.54) is 12.8 Å². The maximum absolute atomic E-state index is 6.06. The maximum Gasteiger partial charge on any atom is 0.123 e. The summed E-state index contributed by atoms with van der Waals surface area (Å²) in [5.74, 6) is 2.51. The van der Waals surface area contributed by atoms with E-state index in [0.717, 1.165) is 30.4 Å². The Labute approximate surface area is 103 Å². The van der Waals surface area contributed by atoms with Crippen LogP contribution in [-0.2, 0) is 0 Å². The summed E-state index contributed by atoms with van der Waals surface area (Å²) in [5.41, 5.74) is 0. The molecule has 1 aliphatic rings. The van der Waals surface area contributed by atoms with Gasteiger partial charge < -0.3 is 14.8 Å². The van der Waals surface area contributed by atoms with Crippen molar-refractivity contribution >= 4 is 0 Å². The molecule has 1 saturated carbocycles. The van der Waals surface area contributed by atoms with Crippen LogP contribution in [0.4, 0.5) is 0 Å². The Morgan fingerprint density at radius 2 is 2.12 bits per heavy atom. The molecule has 0 amide bonds. The molecule has 0 saturated heterocycles. The van der Waals surface area contributed by atoms with Crippen LogP contribution in [0.25, 0.3) is 0 Å². The van der Waals surface area contributed by atoms with Gasteiger partial charge in [0.25, 0.3) is 0 Å². The first kappa shape index (κ1) is 12.2. The molecule has 3 nitrogen and oxygen atoms in total. The van der Waals surface area contributed by atoms with Crippen LogP contribution in [0.1, 0.15) is 19.3 Å². The average molecular weight is 235 g/mol. The van der Waals surface area contributed by atoms with Gasteiger partial charge >= 0.3 is 0 Å². The van der Waals surface area contributed by atoms with E-state index in [1.54, 1.807) is 7.11 Å². The molecule has 1 N–H and O–H groups in total. The maximum atomic E-state index is 6.06. The highest BCUT2D eigenvalue weighted by Crippen LogP contribution is 2.36. The molecule has 0 bridgehead atoms. The molecule has 1 aliphatic carbocycles. The Hall–Kier alpha value is -1.22. The van der Waals surface area contributed by atoms with Crippen molar-refractivity contribution in [2.45, 2.75) is 25.4 Å². The first-order valence-electron chi connectivity index (χ1n) is 6.29. The van der Waals surface area contributed by atoms with Crippen LogP contribution in [0, 0.1) is 5.92 Å². The SMILES string of the molecule is CNCCC(Oc1cccc(OC)c1)C1CC1. The van der Waals surface area contributed by atoms with Gasteiger partial charge in [-0.25, -0.2) is 0 Å². The topological polar surface area (TPSA) is 30.5 Å². The fourth-order valence-electron chi connectivity index (χ4n) is 1.99. The third-order valence-corrected chi connectivity index (χ3v) is 3.16. The van der Waals surface area contributed by atoms with Crippen molar-refractivity contribution in [3.8, 4) is 11.5 Å². The number of methoxy groups -OCH3 is 1. The third kappa shape index (κ3) is 3.63. The predicted molar refractivity (Wildman–Crippen MR) is 68.7 cm³/mol. The van der Waals surface area contributed by atoms with E-state index >= 15 is 0 Å². The summed E-state index contributed by atoms with van der Waals surface area (Å²) in [7, 11) is 3.66. The van der Waals surface area contributed by atoms with Crippen molar-refractivity contribution in [1.29, 1.82) is 0 Å². The van der Waals surface area contributed by atoms with Crippen LogP contribution in [0.5, 0.6) is 11.5 Å². The zero-order chi connectivity index (χ0) is 12.1. The number of nitrogens with one attached hydrogen (secondary N) is 1. The lowest BCUT2D eigenvalue weighted by molar-refractivity contribution is 0.167. The molecule has 0 aromatic heterocycles. The van der Waals surface area contributed by atoms with E-state index in [1.807, 2.05) is 31.3 Å². The van der Waals surface area contributed by atoms with E-state index < -0.39 is 0 Å². The second-order valence-electron chi connectivity index (χ2n) is 4.56. The van der Waals surface area contributed by atoms with Crippen molar-refractivity contribution in [1.82, 2.24) is 5.32 Å². The lowest BCUT2D eigenvalue weighted by Crippen LogP contribution is -2.24. The summed E-state index contributed by atoms with van der Waals surface area (Å²) < 4.78 is 11.3. The monoisotopic (exact) mass is 235 g/mol. The Bertz CT molecular complexity index is 350. The van der Waals surface area contributed by atoms with Crippen molar-refractivity contribution in [3.05, 3.63) is 24.3 Å². The van der Waals surface area contributed by atoms with E-state index in [2.05, 4.69) is 5.32 Å².